The second kappa shape index (κ2) is 5.70. The Kier molecular flexibility index (Phi) is 4.03. The zero-order valence-electron chi connectivity index (χ0n) is 12.8. The summed E-state index contributed by atoms with van der Waals surface area (Å²) in [6, 6.07) is 8.02. The molecule has 120 valence electrons. The highest BCUT2D eigenvalue weighted by molar-refractivity contribution is 7.91. The number of benzene rings is 1. The third-order valence-corrected chi connectivity index (χ3v) is 6.47. The Morgan fingerprint density at radius 2 is 1.86 bits per heavy atom. The van der Waals surface area contributed by atoms with Crippen LogP contribution < -0.4 is 15.1 Å². The minimum Gasteiger partial charge on any atom is -0.372 e. The quantitative estimate of drug-likeness (QED) is 0.837. The van der Waals surface area contributed by atoms with Crippen molar-refractivity contribution in [2.24, 2.45) is 0 Å². The van der Waals surface area contributed by atoms with Gasteiger partial charge in [-0.05, 0) is 50.3 Å². The van der Waals surface area contributed by atoms with Gasteiger partial charge in [-0.2, -0.15) is 0 Å². The van der Waals surface area contributed by atoms with Crippen molar-refractivity contribution in [2.75, 3.05) is 34.4 Å². The van der Waals surface area contributed by atoms with E-state index >= 15 is 0 Å². The van der Waals surface area contributed by atoms with E-state index in [9.17, 15) is 8.42 Å². The Labute approximate surface area is 137 Å². The van der Waals surface area contributed by atoms with Gasteiger partial charge >= 0.3 is 0 Å². The fraction of sp³-hybridized carbons (Fsp3) is 0.533. The van der Waals surface area contributed by atoms with Crippen LogP contribution in [0.3, 0.4) is 0 Å². The molecule has 2 saturated heterocycles. The van der Waals surface area contributed by atoms with E-state index in [1.165, 1.54) is 5.69 Å². The summed E-state index contributed by atoms with van der Waals surface area (Å²) >= 11 is 5.39. The Morgan fingerprint density at radius 1 is 1.23 bits per heavy atom. The molecule has 2 aliphatic heterocycles. The smallest absolute Gasteiger partial charge is 0.174 e. The second-order valence-electron chi connectivity index (χ2n) is 5.76. The molecule has 0 bridgehead atoms. The largest absolute Gasteiger partial charge is 0.372 e. The number of hydrogen-bond donors (Lipinski definition) is 1. The van der Waals surface area contributed by atoms with E-state index in [-0.39, 0.29) is 23.6 Å². The Balaban J connectivity index is 1.86. The van der Waals surface area contributed by atoms with E-state index in [2.05, 4.69) is 36.2 Å². The predicted octanol–water partition coefficient (Wildman–Crippen LogP) is 1.39. The van der Waals surface area contributed by atoms with Gasteiger partial charge in [0.2, 0.25) is 0 Å². The van der Waals surface area contributed by atoms with E-state index in [0.29, 0.717) is 5.11 Å². The van der Waals surface area contributed by atoms with Gasteiger partial charge in [0.25, 0.3) is 0 Å². The van der Waals surface area contributed by atoms with Gasteiger partial charge in [-0.25, -0.2) is 8.42 Å². The first-order valence-electron chi connectivity index (χ1n) is 7.60. The molecule has 3 rings (SSSR count). The maximum atomic E-state index is 11.8. The van der Waals surface area contributed by atoms with Crippen LogP contribution in [0.5, 0.6) is 0 Å². The molecule has 5 nitrogen and oxygen atoms in total. The van der Waals surface area contributed by atoms with E-state index in [4.69, 9.17) is 12.2 Å². The second-order valence-corrected chi connectivity index (χ2v) is 8.30. The van der Waals surface area contributed by atoms with Gasteiger partial charge < -0.3 is 15.1 Å². The van der Waals surface area contributed by atoms with Crippen molar-refractivity contribution in [2.45, 2.75) is 25.9 Å². The average Bonchev–Trinajstić information content (AvgIpc) is 2.91. The Hall–Kier alpha value is -1.34. The SMILES string of the molecule is CCN(CC)c1ccc(N2C(=S)NC3CS(=O)(=O)CC32)cc1. The molecule has 2 unspecified atom stereocenters. The highest BCUT2D eigenvalue weighted by Gasteiger charge is 2.47. The number of sulfone groups is 1. The van der Waals surface area contributed by atoms with Crippen molar-refractivity contribution in [1.82, 2.24) is 5.32 Å². The molecule has 0 amide bonds. The summed E-state index contributed by atoms with van der Waals surface area (Å²) in [7, 11) is -2.97. The fourth-order valence-corrected chi connectivity index (χ4v) is 5.60. The zero-order chi connectivity index (χ0) is 15.9. The van der Waals surface area contributed by atoms with E-state index in [1.54, 1.807) is 0 Å². The molecular formula is C15H21N3O2S2. The molecule has 2 fully saturated rings. The van der Waals surface area contributed by atoms with Gasteiger partial charge in [-0.1, -0.05) is 0 Å². The van der Waals surface area contributed by atoms with Crippen molar-refractivity contribution in [1.29, 1.82) is 0 Å². The molecule has 0 saturated carbocycles. The van der Waals surface area contributed by atoms with E-state index in [1.807, 2.05) is 17.0 Å². The number of nitrogens with one attached hydrogen (secondary N) is 1. The maximum absolute atomic E-state index is 11.8. The summed E-state index contributed by atoms with van der Waals surface area (Å²) in [5.74, 6) is 0.342. The molecule has 1 N–H and O–H groups in total. The van der Waals surface area contributed by atoms with Crippen LogP contribution in [0.1, 0.15) is 13.8 Å². The molecule has 22 heavy (non-hydrogen) atoms. The zero-order valence-corrected chi connectivity index (χ0v) is 14.5. The third-order valence-electron chi connectivity index (χ3n) is 4.44. The first-order valence-corrected chi connectivity index (χ1v) is 9.83. The molecule has 0 radical (unpaired) electrons. The number of rotatable bonds is 4. The molecule has 0 spiro atoms. The van der Waals surface area contributed by atoms with Gasteiger partial charge in [0.15, 0.2) is 14.9 Å². The lowest BCUT2D eigenvalue weighted by atomic mass is 10.1. The third kappa shape index (κ3) is 2.67. The van der Waals surface area contributed by atoms with Crippen LogP contribution in [0, 0.1) is 0 Å². The molecule has 2 heterocycles. The standard InChI is InChI=1S/C15H21N3O2S2/c1-3-17(4-2)11-5-7-12(8-6-11)18-14-10-22(19,20)9-13(14)16-15(18)21/h5-8,13-14H,3-4,9-10H2,1-2H3,(H,16,21). The maximum Gasteiger partial charge on any atom is 0.174 e. The number of fused-ring (bicyclic) bond motifs is 1. The molecule has 0 aliphatic carbocycles. The van der Waals surface area contributed by atoms with Gasteiger partial charge in [-0.15, -0.1) is 0 Å². The molecular weight excluding hydrogens is 318 g/mol. The van der Waals surface area contributed by atoms with Crippen LogP contribution in [0.25, 0.3) is 0 Å². The van der Waals surface area contributed by atoms with E-state index in [0.717, 1.165) is 18.8 Å². The lowest BCUT2D eigenvalue weighted by molar-refractivity contribution is 0.600. The molecule has 1 aromatic carbocycles. The summed E-state index contributed by atoms with van der Waals surface area (Å²) in [5, 5.41) is 3.77. The predicted molar refractivity (Wildman–Crippen MR) is 94.4 cm³/mol. The van der Waals surface area contributed by atoms with Gasteiger partial charge in [0, 0.05) is 24.5 Å². The molecule has 1 aromatic rings. The summed E-state index contributed by atoms with van der Waals surface area (Å²) in [5.41, 5.74) is 2.13. The lowest BCUT2D eigenvalue weighted by Gasteiger charge is -2.25. The molecule has 2 aliphatic rings. The lowest BCUT2D eigenvalue weighted by Crippen LogP contribution is -2.36. The number of anilines is 2. The van der Waals surface area contributed by atoms with Crippen LogP contribution in [0.2, 0.25) is 0 Å². The van der Waals surface area contributed by atoms with Crippen molar-refractivity contribution < 1.29 is 8.42 Å². The highest BCUT2D eigenvalue weighted by Crippen LogP contribution is 2.30. The minimum atomic E-state index is -2.97. The fourth-order valence-electron chi connectivity index (χ4n) is 3.32. The number of nitrogens with zero attached hydrogens (tertiary/aromatic N) is 2. The summed E-state index contributed by atoms with van der Waals surface area (Å²) in [6.07, 6.45) is 0. The highest BCUT2D eigenvalue weighted by atomic mass is 32.2. The number of thiocarbonyl (C=S) groups is 1. The van der Waals surface area contributed by atoms with Crippen molar-refractivity contribution in [3.63, 3.8) is 0 Å². The molecule has 7 heteroatoms. The normalized spacial score (nSPS) is 25.9. The summed E-state index contributed by atoms with van der Waals surface area (Å²) in [6.45, 7) is 6.18. The van der Waals surface area contributed by atoms with Crippen molar-refractivity contribution in [3.8, 4) is 0 Å². The van der Waals surface area contributed by atoms with Crippen molar-refractivity contribution >= 4 is 38.5 Å². The van der Waals surface area contributed by atoms with Gasteiger partial charge in [0.1, 0.15) is 0 Å². The Morgan fingerprint density at radius 3 is 2.45 bits per heavy atom. The monoisotopic (exact) mass is 339 g/mol. The van der Waals surface area contributed by atoms with E-state index < -0.39 is 9.84 Å². The number of hydrogen-bond acceptors (Lipinski definition) is 4. The Bertz CT molecular complexity index is 669. The first kappa shape index (κ1) is 15.6. The minimum absolute atomic E-state index is 0.0834. The van der Waals surface area contributed by atoms with Crippen LogP contribution in [0.15, 0.2) is 24.3 Å². The topological polar surface area (TPSA) is 52.6 Å². The molecule has 2 atom stereocenters. The van der Waals surface area contributed by atoms with Gasteiger partial charge in [0.05, 0.1) is 23.6 Å². The summed E-state index contributed by atoms with van der Waals surface area (Å²) in [4.78, 5) is 4.23. The molecule has 0 aromatic heterocycles. The summed E-state index contributed by atoms with van der Waals surface area (Å²) < 4.78 is 23.7. The van der Waals surface area contributed by atoms with Crippen LogP contribution in [-0.4, -0.2) is 50.2 Å². The van der Waals surface area contributed by atoms with Crippen molar-refractivity contribution in [3.05, 3.63) is 24.3 Å². The van der Waals surface area contributed by atoms with Crippen LogP contribution in [-0.2, 0) is 9.84 Å². The first-order chi connectivity index (χ1) is 10.4. The average molecular weight is 339 g/mol. The van der Waals surface area contributed by atoms with Crippen LogP contribution in [0.4, 0.5) is 11.4 Å². The van der Waals surface area contributed by atoms with Crippen LogP contribution >= 0.6 is 12.2 Å². The van der Waals surface area contributed by atoms with Gasteiger partial charge in [-0.3, -0.25) is 0 Å².